The maximum Gasteiger partial charge on any atom is 0.255 e. The fraction of sp³-hybridized carbons (Fsp3) is 0.696. The molecule has 3 heterocycles. The third-order valence-corrected chi connectivity index (χ3v) is 8.73. The topological polar surface area (TPSA) is 72.3 Å². The summed E-state index contributed by atoms with van der Waals surface area (Å²) in [7, 11) is 1.54. The number of amides is 1. The first-order valence-corrected chi connectivity index (χ1v) is 15.4. The number of carbonyl (C=O) groups is 1. The summed E-state index contributed by atoms with van der Waals surface area (Å²) < 4.78 is 7.65. The first-order valence-electron chi connectivity index (χ1n) is 11.6. The second kappa shape index (κ2) is 10.2. The van der Waals surface area contributed by atoms with E-state index in [-0.39, 0.29) is 11.9 Å². The minimum atomic E-state index is -0.591. The molecule has 4 rings (SSSR count). The second-order valence-corrected chi connectivity index (χ2v) is 15.6. The zero-order chi connectivity index (χ0) is 22.7. The molecule has 2 aliphatic rings. The van der Waals surface area contributed by atoms with E-state index in [0.717, 1.165) is 49.5 Å². The molecule has 0 radical (unpaired) electrons. The summed E-state index contributed by atoms with van der Waals surface area (Å²) >= 11 is 1.70. The number of likely N-dealkylation sites (tertiary alicyclic amines) is 1. The Morgan fingerprint density at radius 2 is 2.00 bits per heavy atom. The molecule has 32 heavy (non-hydrogen) atoms. The van der Waals surface area contributed by atoms with Crippen molar-refractivity contribution >= 4 is 27.3 Å². The summed E-state index contributed by atoms with van der Waals surface area (Å²) in [6.07, 6.45) is 15.2. The third-order valence-electron chi connectivity index (χ3n) is 6.17. The average Bonchev–Trinajstić information content (AvgIpc) is 3.36. The molecule has 178 valence electrons. The van der Waals surface area contributed by atoms with Crippen molar-refractivity contribution in [3.8, 4) is 10.7 Å². The first-order chi connectivity index (χ1) is 15.3. The molecule has 1 amide bonds. The Hall–Kier alpha value is -1.42. The largest absolute Gasteiger partial charge is 0.358 e. The van der Waals surface area contributed by atoms with Crippen molar-refractivity contribution in [3.05, 3.63) is 22.3 Å². The lowest BCUT2D eigenvalue weighted by atomic mass is 10.0. The highest BCUT2D eigenvalue weighted by molar-refractivity contribution is 8.32. The first kappa shape index (κ1) is 23.7. The van der Waals surface area contributed by atoms with Gasteiger partial charge in [-0.2, -0.15) is 5.10 Å². The number of nitrogens with one attached hydrogen (secondary N) is 1. The Labute approximate surface area is 197 Å². The van der Waals surface area contributed by atoms with Crippen LogP contribution in [-0.4, -0.2) is 82.9 Å². The van der Waals surface area contributed by atoms with Gasteiger partial charge in [-0.1, -0.05) is 0 Å². The highest BCUT2D eigenvalue weighted by atomic mass is 32.3. The van der Waals surface area contributed by atoms with Crippen LogP contribution in [0.15, 0.2) is 6.20 Å². The van der Waals surface area contributed by atoms with Crippen LogP contribution >= 0.6 is 21.4 Å². The Kier molecular flexibility index (Phi) is 7.59. The van der Waals surface area contributed by atoms with Crippen molar-refractivity contribution in [3.63, 3.8) is 0 Å². The van der Waals surface area contributed by atoms with Gasteiger partial charge >= 0.3 is 0 Å². The van der Waals surface area contributed by atoms with Gasteiger partial charge in [-0.25, -0.2) is 19.7 Å². The van der Waals surface area contributed by atoms with Crippen molar-refractivity contribution in [2.24, 2.45) is 0 Å². The zero-order valence-electron chi connectivity index (χ0n) is 19.9. The number of hydrogen-bond acceptors (Lipinski definition) is 6. The molecule has 1 fully saturated rings. The van der Waals surface area contributed by atoms with Crippen LogP contribution in [0.2, 0.25) is 0 Å². The zero-order valence-corrected chi connectivity index (χ0v) is 21.5. The summed E-state index contributed by atoms with van der Waals surface area (Å²) in [5, 5.41) is 8.87. The fourth-order valence-corrected chi connectivity index (χ4v) is 5.91. The smallest absolute Gasteiger partial charge is 0.255 e. The monoisotopic (exact) mass is 479 g/mol. The van der Waals surface area contributed by atoms with Crippen LogP contribution < -0.4 is 5.32 Å². The fourth-order valence-electron chi connectivity index (χ4n) is 4.15. The normalized spacial score (nSPS) is 18.5. The van der Waals surface area contributed by atoms with Gasteiger partial charge in [-0.3, -0.25) is 4.79 Å². The Morgan fingerprint density at radius 1 is 1.25 bits per heavy atom. The Balaban J connectivity index is 1.52. The molecule has 2 aromatic rings. The van der Waals surface area contributed by atoms with Crippen molar-refractivity contribution in [1.29, 1.82) is 0 Å². The molecule has 0 unspecified atom stereocenters. The van der Waals surface area contributed by atoms with Gasteiger partial charge in [0.25, 0.3) is 5.91 Å². The predicted octanol–water partition coefficient (Wildman–Crippen LogP) is 3.38. The van der Waals surface area contributed by atoms with Crippen LogP contribution in [0.4, 0.5) is 0 Å². The van der Waals surface area contributed by atoms with Crippen molar-refractivity contribution in [1.82, 2.24) is 25.0 Å². The maximum absolute atomic E-state index is 13.3. The van der Waals surface area contributed by atoms with Crippen LogP contribution in [0.5, 0.6) is 0 Å². The minimum absolute atomic E-state index is 0.0480. The molecule has 2 aromatic heterocycles. The van der Waals surface area contributed by atoms with Gasteiger partial charge < -0.3 is 15.0 Å². The standard InChI is InChI=1S/C23H37N5O2S2/c1-27-11-9-17(10-12-27)24-22(29)18-15-28(16-30-13-14-32(2,3)4)26-21(18)23-25-19-7-5-6-8-20(19)31-23/h15,17H,5-14,16H2,1-4H3,(H,24,29). The van der Waals surface area contributed by atoms with Crippen molar-refractivity contribution < 1.29 is 9.53 Å². The number of fused-ring (bicyclic) bond motifs is 1. The minimum Gasteiger partial charge on any atom is -0.358 e. The van der Waals surface area contributed by atoms with E-state index in [1.54, 1.807) is 16.0 Å². The lowest BCUT2D eigenvalue weighted by Gasteiger charge is -2.29. The van der Waals surface area contributed by atoms with Crippen LogP contribution in [0.1, 0.15) is 46.6 Å². The number of carbonyl (C=O) groups excluding carboxylic acids is 1. The third kappa shape index (κ3) is 6.12. The lowest BCUT2D eigenvalue weighted by molar-refractivity contribution is 0.0808. The second-order valence-electron chi connectivity index (χ2n) is 9.91. The quantitative estimate of drug-likeness (QED) is 0.588. The van der Waals surface area contributed by atoms with Crippen LogP contribution in [0.25, 0.3) is 10.7 Å². The van der Waals surface area contributed by atoms with Crippen LogP contribution in [-0.2, 0) is 24.3 Å². The highest BCUT2D eigenvalue weighted by Gasteiger charge is 2.26. The van der Waals surface area contributed by atoms with E-state index in [1.807, 2.05) is 6.20 Å². The van der Waals surface area contributed by atoms with Gasteiger partial charge in [0, 0.05) is 22.9 Å². The number of piperidine rings is 1. The number of aromatic nitrogens is 3. The van der Waals surface area contributed by atoms with Gasteiger partial charge in [0.1, 0.15) is 17.4 Å². The van der Waals surface area contributed by atoms with E-state index in [4.69, 9.17) is 14.8 Å². The molecule has 0 bridgehead atoms. The van der Waals surface area contributed by atoms with E-state index in [1.165, 1.54) is 23.4 Å². The molecular weight excluding hydrogens is 442 g/mol. The number of hydrogen-bond donors (Lipinski definition) is 1. The molecular formula is C23H37N5O2S2. The number of thiazole rings is 1. The van der Waals surface area contributed by atoms with Crippen molar-refractivity contribution in [2.45, 2.75) is 51.3 Å². The summed E-state index contributed by atoms with van der Waals surface area (Å²) in [4.78, 5) is 21.8. The number of nitrogens with zero attached hydrogens (tertiary/aromatic N) is 4. The number of rotatable bonds is 8. The van der Waals surface area contributed by atoms with E-state index in [0.29, 0.717) is 24.6 Å². The molecule has 0 atom stereocenters. The SMILES string of the molecule is CN1CCC(NC(=O)c2cn(COCCS(C)(C)C)nc2-c2nc3c(s2)CCCC3)CC1. The number of aryl methyl sites for hydroxylation is 2. The number of ether oxygens (including phenoxy) is 1. The summed E-state index contributed by atoms with van der Waals surface area (Å²) in [6, 6.07) is 0.213. The molecule has 7 nitrogen and oxygen atoms in total. The Morgan fingerprint density at radius 3 is 2.72 bits per heavy atom. The molecule has 0 aromatic carbocycles. The highest BCUT2D eigenvalue weighted by Crippen LogP contribution is 2.34. The lowest BCUT2D eigenvalue weighted by Crippen LogP contribution is -2.43. The molecule has 1 aliphatic heterocycles. The van der Waals surface area contributed by atoms with E-state index >= 15 is 0 Å². The van der Waals surface area contributed by atoms with Gasteiger partial charge in [-0.15, -0.1) is 11.3 Å². The molecule has 1 N–H and O–H groups in total. The summed E-state index contributed by atoms with van der Waals surface area (Å²) in [5.74, 6) is 1.01. The van der Waals surface area contributed by atoms with Gasteiger partial charge in [0.05, 0.1) is 17.9 Å². The van der Waals surface area contributed by atoms with Gasteiger partial charge in [0.2, 0.25) is 0 Å². The van der Waals surface area contributed by atoms with E-state index < -0.39 is 10.0 Å². The molecule has 0 saturated carbocycles. The summed E-state index contributed by atoms with van der Waals surface area (Å²) in [5.41, 5.74) is 2.50. The molecule has 1 saturated heterocycles. The molecule has 1 aliphatic carbocycles. The van der Waals surface area contributed by atoms with Crippen LogP contribution in [0, 0.1) is 0 Å². The van der Waals surface area contributed by atoms with Gasteiger partial charge in [0.15, 0.2) is 0 Å². The summed E-state index contributed by atoms with van der Waals surface area (Å²) in [6.45, 7) is 3.09. The average molecular weight is 480 g/mol. The van der Waals surface area contributed by atoms with Crippen molar-refractivity contribution in [2.75, 3.05) is 51.3 Å². The molecule has 9 heteroatoms. The van der Waals surface area contributed by atoms with Crippen LogP contribution in [0.3, 0.4) is 0 Å². The van der Waals surface area contributed by atoms with E-state index in [2.05, 4.69) is 36.0 Å². The van der Waals surface area contributed by atoms with E-state index in [9.17, 15) is 4.79 Å². The van der Waals surface area contributed by atoms with Gasteiger partial charge in [-0.05, 0) is 77.4 Å². The Bertz CT molecular complexity index is 902. The maximum atomic E-state index is 13.3. The molecule has 0 spiro atoms. The predicted molar refractivity (Wildman–Crippen MR) is 134 cm³/mol.